The van der Waals surface area contributed by atoms with Crippen molar-refractivity contribution >= 4 is 27.5 Å². The normalized spacial score (nSPS) is 14.9. The Hall–Kier alpha value is -2.51. The number of amides is 1. The van der Waals surface area contributed by atoms with Crippen LogP contribution in [-0.2, 0) is 13.0 Å². The molecule has 0 aliphatic carbocycles. The summed E-state index contributed by atoms with van der Waals surface area (Å²) in [5, 5.41) is 3.75. The second-order valence-electron chi connectivity index (χ2n) is 8.39. The molecule has 4 rings (SSSR count). The monoisotopic (exact) mass is 452 g/mol. The summed E-state index contributed by atoms with van der Waals surface area (Å²) >= 11 is 1.34. The number of aromatic nitrogens is 2. The molecule has 7 heteroatoms. The van der Waals surface area contributed by atoms with Gasteiger partial charge < -0.3 is 5.32 Å². The first-order valence-corrected chi connectivity index (χ1v) is 12.5. The van der Waals surface area contributed by atoms with Gasteiger partial charge in [-0.3, -0.25) is 19.1 Å². The Morgan fingerprint density at radius 1 is 1.19 bits per heavy atom. The van der Waals surface area contributed by atoms with Gasteiger partial charge in [-0.25, -0.2) is 4.98 Å². The molecule has 0 radical (unpaired) electrons. The van der Waals surface area contributed by atoms with Crippen molar-refractivity contribution in [2.75, 3.05) is 19.6 Å². The van der Waals surface area contributed by atoms with Gasteiger partial charge in [-0.15, -0.1) is 11.3 Å². The van der Waals surface area contributed by atoms with Crippen LogP contribution in [0.3, 0.4) is 0 Å². The summed E-state index contributed by atoms with van der Waals surface area (Å²) in [7, 11) is 0. The minimum Gasteiger partial charge on any atom is -0.349 e. The number of likely N-dealkylation sites (N-methyl/N-ethyl adjacent to an activating group) is 1. The van der Waals surface area contributed by atoms with E-state index in [1.165, 1.54) is 16.9 Å². The fourth-order valence-electron chi connectivity index (χ4n) is 4.69. The van der Waals surface area contributed by atoms with Crippen LogP contribution in [0.5, 0.6) is 0 Å². The van der Waals surface area contributed by atoms with E-state index in [0.717, 1.165) is 56.7 Å². The average Bonchev–Trinajstić information content (AvgIpc) is 2.97. The minimum absolute atomic E-state index is 0.00463. The van der Waals surface area contributed by atoms with E-state index >= 15 is 0 Å². The third-order valence-corrected chi connectivity index (χ3v) is 7.70. The van der Waals surface area contributed by atoms with Crippen LogP contribution in [0.15, 0.2) is 35.1 Å². The van der Waals surface area contributed by atoms with Crippen LogP contribution in [0.25, 0.3) is 10.2 Å². The van der Waals surface area contributed by atoms with Crippen LogP contribution in [-0.4, -0.2) is 40.0 Å². The number of rotatable bonds is 7. The number of benzene rings is 1. The quantitative estimate of drug-likeness (QED) is 0.580. The van der Waals surface area contributed by atoms with Crippen molar-refractivity contribution < 1.29 is 4.79 Å². The first-order valence-electron chi connectivity index (χ1n) is 11.6. The zero-order valence-corrected chi connectivity index (χ0v) is 20.0. The first-order chi connectivity index (χ1) is 15.5. The van der Waals surface area contributed by atoms with Crippen LogP contribution in [0.2, 0.25) is 0 Å². The van der Waals surface area contributed by atoms with Gasteiger partial charge in [-0.05, 0) is 44.0 Å². The second-order valence-corrected chi connectivity index (χ2v) is 9.39. The lowest BCUT2D eigenvalue weighted by Crippen LogP contribution is -2.38. The molecule has 170 valence electrons. The van der Waals surface area contributed by atoms with Crippen molar-refractivity contribution in [3.05, 3.63) is 62.5 Å². The standard InChI is InChI=1S/C25H32N4O2S/c1-4-28(5-2)19(18-12-8-6-9-13-18)16-26-23(30)22-17(3)21-24(32-22)27-20-14-10-7-11-15-29(20)25(21)31/h6,8-9,12-13,19H,4-5,7,10-11,14-16H2,1-3H3,(H,26,30). The van der Waals surface area contributed by atoms with E-state index in [2.05, 4.69) is 36.2 Å². The highest BCUT2D eigenvalue weighted by Crippen LogP contribution is 2.28. The summed E-state index contributed by atoms with van der Waals surface area (Å²) in [6, 6.07) is 10.4. The van der Waals surface area contributed by atoms with Crippen molar-refractivity contribution in [1.29, 1.82) is 0 Å². The summed E-state index contributed by atoms with van der Waals surface area (Å²) < 4.78 is 1.82. The number of carbonyl (C=O) groups is 1. The van der Waals surface area contributed by atoms with Gasteiger partial charge in [-0.1, -0.05) is 50.6 Å². The molecule has 3 aromatic rings. The zero-order valence-electron chi connectivity index (χ0n) is 19.2. The Bertz CT molecular complexity index is 1150. The number of thiophene rings is 1. The third kappa shape index (κ3) is 4.36. The van der Waals surface area contributed by atoms with Crippen LogP contribution in [0, 0.1) is 6.92 Å². The smallest absolute Gasteiger partial charge is 0.262 e. The molecule has 1 unspecified atom stereocenters. The first kappa shape index (κ1) is 22.7. The number of fused-ring (bicyclic) bond motifs is 2. The molecule has 0 spiro atoms. The highest BCUT2D eigenvalue weighted by atomic mass is 32.1. The molecular weight excluding hydrogens is 420 g/mol. The molecule has 0 bridgehead atoms. The summed E-state index contributed by atoms with van der Waals surface area (Å²) in [5.74, 6) is 0.733. The van der Waals surface area contributed by atoms with Gasteiger partial charge in [0.2, 0.25) is 0 Å². The van der Waals surface area contributed by atoms with E-state index in [1.807, 2.05) is 29.7 Å². The molecule has 3 heterocycles. The fourth-order valence-corrected chi connectivity index (χ4v) is 5.80. The summed E-state index contributed by atoms with van der Waals surface area (Å²) in [6.45, 7) is 9.19. The number of nitrogens with one attached hydrogen (secondary N) is 1. The van der Waals surface area contributed by atoms with Gasteiger partial charge in [-0.2, -0.15) is 0 Å². The molecule has 32 heavy (non-hydrogen) atoms. The number of hydrogen-bond acceptors (Lipinski definition) is 5. The third-order valence-electron chi connectivity index (χ3n) is 6.51. The molecule has 2 aromatic heterocycles. The average molecular weight is 453 g/mol. The predicted molar refractivity (Wildman–Crippen MR) is 131 cm³/mol. The Kier molecular flexibility index (Phi) is 7.06. The Morgan fingerprint density at radius 3 is 2.66 bits per heavy atom. The van der Waals surface area contributed by atoms with Gasteiger partial charge in [0.05, 0.1) is 16.3 Å². The molecule has 0 saturated heterocycles. The summed E-state index contributed by atoms with van der Waals surface area (Å²) in [6.07, 6.45) is 4.01. The van der Waals surface area contributed by atoms with Crippen LogP contribution in [0.1, 0.15) is 65.8 Å². The Balaban J connectivity index is 1.61. The molecular formula is C25H32N4O2S. The van der Waals surface area contributed by atoms with Crippen molar-refractivity contribution in [3.8, 4) is 0 Å². The topological polar surface area (TPSA) is 67.2 Å². The zero-order chi connectivity index (χ0) is 22.7. The van der Waals surface area contributed by atoms with Crippen molar-refractivity contribution in [2.24, 2.45) is 0 Å². The van der Waals surface area contributed by atoms with Gasteiger partial charge in [0.1, 0.15) is 10.7 Å². The Labute approximate surface area is 193 Å². The lowest BCUT2D eigenvalue weighted by Gasteiger charge is -2.30. The van der Waals surface area contributed by atoms with Crippen molar-refractivity contribution in [3.63, 3.8) is 0 Å². The maximum atomic E-state index is 13.2. The molecule has 1 amide bonds. The number of hydrogen-bond donors (Lipinski definition) is 1. The predicted octanol–water partition coefficient (Wildman–Crippen LogP) is 4.31. The van der Waals surface area contributed by atoms with Gasteiger partial charge in [0, 0.05) is 19.5 Å². The van der Waals surface area contributed by atoms with E-state index in [4.69, 9.17) is 4.98 Å². The van der Waals surface area contributed by atoms with Crippen LogP contribution >= 0.6 is 11.3 Å². The molecule has 1 atom stereocenters. The molecule has 1 aliphatic rings. The highest BCUT2D eigenvalue weighted by molar-refractivity contribution is 7.20. The molecule has 6 nitrogen and oxygen atoms in total. The largest absolute Gasteiger partial charge is 0.349 e. The van der Waals surface area contributed by atoms with E-state index in [0.29, 0.717) is 21.6 Å². The van der Waals surface area contributed by atoms with E-state index in [9.17, 15) is 9.59 Å². The lowest BCUT2D eigenvalue weighted by atomic mass is 10.0. The van der Waals surface area contributed by atoms with Crippen molar-refractivity contribution in [1.82, 2.24) is 19.8 Å². The van der Waals surface area contributed by atoms with Crippen LogP contribution < -0.4 is 10.9 Å². The van der Waals surface area contributed by atoms with E-state index < -0.39 is 0 Å². The molecule has 0 saturated carbocycles. The van der Waals surface area contributed by atoms with Gasteiger partial charge in [0.25, 0.3) is 11.5 Å². The minimum atomic E-state index is -0.127. The molecule has 1 N–H and O–H groups in total. The van der Waals surface area contributed by atoms with Gasteiger partial charge >= 0.3 is 0 Å². The molecule has 0 fully saturated rings. The number of nitrogens with zero attached hydrogens (tertiary/aromatic N) is 3. The maximum absolute atomic E-state index is 13.2. The van der Waals surface area contributed by atoms with Crippen LogP contribution in [0.4, 0.5) is 0 Å². The fraction of sp³-hybridized carbons (Fsp3) is 0.480. The summed E-state index contributed by atoms with van der Waals surface area (Å²) in [4.78, 5) is 34.8. The highest BCUT2D eigenvalue weighted by Gasteiger charge is 2.24. The van der Waals surface area contributed by atoms with Crippen molar-refractivity contribution in [2.45, 2.75) is 59.0 Å². The summed E-state index contributed by atoms with van der Waals surface area (Å²) in [5.41, 5.74) is 1.94. The van der Waals surface area contributed by atoms with E-state index in [1.54, 1.807) is 0 Å². The number of carbonyl (C=O) groups excluding carboxylic acids is 1. The number of aryl methyl sites for hydroxylation is 2. The van der Waals surface area contributed by atoms with E-state index in [-0.39, 0.29) is 17.5 Å². The second kappa shape index (κ2) is 9.96. The Morgan fingerprint density at radius 2 is 1.94 bits per heavy atom. The molecule has 1 aliphatic heterocycles. The van der Waals surface area contributed by atoms with Gasteiger partial charge in [0.15, 0.2) is 0 Å². The maximum Gasteiger partial charge on any atom is 0.262 e. The lowest BCUT2D eigenvalue weighted by molar-refractivity contribution is 0.0938. The SMILES string of the molecule is CCN(CC)C(CNC(=O)c1sc2nc3n(c(=O)c2c1C)CCCCC3)c1ccccc1. The molecule has 1 aromatic carbocycles.